The fourth-order valence-corrected chi connectivity index (χ4v) is 4.39. The number of carbonyl (C=O) groups excluding carboxylic acids is 1. The molecule has 2 atom stereocenters. The van der Waals surface area contributed by atoms with E-state index in [2.05, 4.69) is 22.1 Å². The first-order valence-corrected chi connectivity index (χ1v) is 9.20. The molecule has 1 aliphatic heterocycles. The van der Waals surface area contributed by atoms with Crippen LogP contribution in [0, 0.1) is 0 Å². The molecule has 1 fully saturated rings. The predicted octanol–water partition coefficient (Wildman–Crippen LogP) is 0.754. The van der Waals surface area contributed by atoms with Gasteiger partial charge < -0.3 is 9.73 Å². The van der Waals surface area contributed by atoms with Gasteiger partial charge in [-0.05, 0) is 13.3 Å². The Hall–Kier alpha value is -1.35. The summed E-state index contributed by atoms with van der Waals surface area (Å²) in [5.74, 6) is 0.152. The SMILES string of the molecule is C=CCNC(=O)[C@@H](C)Sc1nnc([C@H]2CCS(=O)(=O)C2)o1. The lowest BCUT2D eigenvalue weighted by molar-refractivity contribution is -0.120. The number of nitrogens with zero attached hydrogens (tertiary/aromatic N) is 2. The molecule has 2 rings (SSSR count). The van der Waals surface area contributed by atoms with Gasteiger partial charge in [0.25, 0.3) is 5.22 Å². The van der Waals surface area contributed by atoms with E-state index in [0.29, 0.717) is 18.9 Å². The number of carbonyl (C=O) groups is 1. The molecule has 0 aromatic carbocycles. The summed E-state index contributed by atoms with van der Waals surface area (Å²) < 4.78 is 28.3. The Bertz CT molecular complexity index is 626. The van der Waals surface area contributed by atoms with Crippen LogP contribution in [0.3, 0.4) is 0 Å². The molecule has 1 aromatic heterocycles. The Balaban J connectivity index is 1.94. The first-order valence-electron chi connectivity index (χ1n) is 6.50. The lowest BCUT2D eigenvalue weighted by Crippen LogP contribution is -2.30. The normalized spacial score (nSPS) is 21.9. The molecule has 0 radical (unpaired) electrons. The minimum atomic E-state index is -2.99. The van der Waals surface area contributed by atoms with Gasteiger partial charge in [0.2, 0.25) is 11.8 Å². The third-order valence-corrected chi connectivity index (χ3v) is 5.77. The summed E-state index contributed by atoms with van der Waals surface area (Å²) in [5, 5.41) is 10.3. The van der Waals surface area contributed by atoms with Crippen LogP contribution in [0.15, 0.2) is 22.3 Å². The molecule has 1 saturated heterocycles. The number of sulfone groups is 1. The zero-order valence-corrected chi connectivity index (χ0v) is 13.2. The van der Waals surface area contributed by atoms with Gasteiger partial charge in [-0.25, -0.2) is 8.42 Å². The average Bonchev–Trinajstić information content (AvgIpc) is 3.02. The monoisotopic (exact) mass is 331 g/mol. The van der Waals surface area contributed by atoms with Crippen LogP contribution in [0.2, 0.25) is 0 Å². The second-order valence-electron chi connectivity index (χ2n) is 4.80. The van der Waals surface area contributed by atoms with Crippen molar-refractivity contribution < 1.29 is 17.6 Å². The fourth-order valence-electron chi connectivity index (χ4n) is 1.94. The highest BCUT2D eigenvalue weighted by atomic mass is 32.2. The number of amides is 1. The number of rotatable bonds is 6. The second kappa shape index (κ2) is 6.61. The van der Waals surface area contributed by atoms with Crippen LogP contribution in [0.4, 0.5) is 0 Å². The van der Waals surface area contributed by atoms with Gasteiger partial charge >= 0.3 is 0 Å². The third kappa shape index (κ3) is 4.31. The second-order valence-corrected chi connectivity index (χ2v) is 8.32. The fraction of sp³-hybridized carbons (Fsp3) is 0.583. The first kappa shape index (κ1) is 16.0. The predicted molar refractivity (Wildman–Crippen MR) is 78.8 cm³/mol. The highest BCUT2D eigenvalue weighted by Crippen LogP contribution is 2.30. The number of thioether (sulfide) groups is 1. The van der Waals surface area contributed by atoms with Gasteiger partial charge in [-0.15, -0.1) is 16.8 Å². The van der Waals surface area contributed by atoms with Crippen molar-refractivity contribution in [1.82, 2.24) is 15.5 Å². The molecule has 0 bridgehead atoms. The van der Waals surface area contributed by atoms with Crippen molar-refractivity contribution in [2.24, 2.45) is 0 Å². The van der Waals surface area contributed by atoms with Crippen LogP contribution in [0.25, 0.3) is 0 Å². The van der Waals surface area contributed by atoms with E-state index in [1.54, 1.807) is 13.0 Å². The molecule has 1 N–H and O–H groups in total. The maximum Gasteiger partial charge on any atom is 0.277 e. The molecular formula is C12H17N3O4S2. The Morgan fingerprint density at radius 3 is 3.00 bits per heavy atom. The zero-order valence-electron chi connectivity index (χ0n) is 11.6. The summed E-state index contributed by atoms with van der Waals surface area (Å²) in [6.07, 6.45) is 2.10. The van der Waals surface area contributed by atoms with E-state index in [9.17, 15) is 13.2 Å². The molecule has 1 amide bonds. The van der Waals surface area contributed by atoms with Gasteiger partial charge in [0.05, 0.1) is 22.7 Å². The smallest absolute Gasteiger partial charge is 0.277 e. The average molecular weight is 331 g/mol. The van der Waals surface area contributed by atoms with Gasteiger partial charge in [0.15, 0.2) is 9.84 Å². The third-order valence-electron chi connectivity index (χ3n) is 3.07. The van der Waals surface area contributed by atoms with Crippen molar-refractivity contribution in [3.8, 4) is 0 Å². The molecular weight excluding hydrogens is 314 g/mol. The minimum absolute atomic E-state index is 0.0503. The summed E-state index contributed by atoms with van der Waals surface area (Å²) in [4.78, 5) is 11.7. The first-order chi connectivity index (χ1) is 9.91. The Morgan fingerprint density at radius 2 is 2.38 bits per heavy atom. The number of nitrogens with one attached hydrogen (secondary N) is 1. The number of hydrogen-bond acceptors (Lipinski definition) is 7. The maximum absolute atomic E-state index is 11.7. The minimum Gasteiger partial charge on any atom is -0.416 e. The van der Waals surface area contributed by atoms with E-state index in [0.717, 1.165) is 11.8 Å². The van der Waals surface area contributed by atoms with E-state index in [1.165, 1.54) is 0 Å². The summed E-state index contributed by atoms with van der Waals surface area (Å²) in [6, 6.07) is 0. The summed E-state index contributed by atoms with van der Waals surface area (Å²) in [7, 11) is -2.99. The molecule has 0 unspecified atom stereocenters. The van der Waals surface area contributed by atoms with Gasteiger partial charge in [-0.2, -0.15) is 0 Å². The van der Waals surface area contributed by atoms with Gasteiger partial charge in [0, 0.05) is 6.54 Å². The van der Waals surface area contributed by atoms with Crippen molar-refractivity contribution in [2.75, 3.05) is 18.1 Å². The molecule has 9 heteroatoms. The van der Waals surface area contributed by atoms with Crippen LogP contribution in [0.1, 0.15) is 25.2 Å². The number of aromatic nitrogens is 2. The standard InChI is InChI=1S/C12H17N3O4S2/c1-3-5-13-10(16)8(2)20-12-15-14-11(19-12)9-4-6-21(17,18)7-9/h3,8-9H,1,4-7H2,2H3,(H,13,16)/t8-,9+/m1/s1. The van der Waals surface area contributed by atoms with Crippen LogP contribution in [-0.4, -0.2) is 47.8 Å². The van der Waals surface area contributed by atoms with Crippen LogP contribution < -0.4 is 5.32 Å². The van der Waals surface area contributed by atoms with Gasteiger partial charge in [-0.1, -0.05) is 17.8 Å². The van der Waals surface area contributed by atoms with Crippen molar-refractivity contribution in [1.29, 1.82) is 0 Å². The van der Waals surface area contributed by atoms with Crippen molar-refractivity contribution in [3.05, 3.63) is 18.5 Å². The zero-order chi connectivity index (χ0) is 15.5. The van der Waals surface area contributed by atoms with Gasteiger partial charge in [0.1, 0.15) is 0 Å². The molecule has 0 saturated carbocycles. The van der Waals surface area contributed by atoms with Crippen LogP contribution >= 0.6 is 11.8 Å². The van der Waals surface area contributed by atoms with Crippen molar-refractivity contribution in [2.45, 2.75) is 29.7 Å². The van der Waals surface area contributed by atoms with E-state index < -0.39 is 9.84 Å². The topological polar surface area (TPSA) is 102 Å². The van der Waals surface area contributed by atoms with Crippen molar-refractivity contribution >= 4 is 27.5 Å². The molecule has 7 nitrogen and oxygen atoms in total. The highest BCUT2D eigenvalue weighted by Gasteiger charge is 2.33. The molecule has 1 aliphatic rings. The Labute approximate surface area is 127 Å². The molecule has 0 aliphatic carbocycles. The molecule has 1 aromatic rings. The number of hydrogen-bond donors (Lipinski definition) is 1. The van der Waals surface area contributed by atoms with Crippen molar-refractivity contribution in [3.63, 3.8) is 0 Å². The highest BCUT2D eigenvalue weighted by molar-refractivity contribution is 8.00. The Kier molecular flexibility index (Phi) is 5.04. The summed E-state index contributed by atoms with van der Waals surface area (Å²) >= 11 is 1.15. The molecule has 0 spiro atoms. The van der Waals surface area contributed by atoms with E-state index >= 15 is 0 Å². The quantitative estimate of drug-likeness (QED) is 0.606. The summed E-state index contributed by atoms with van der Waals surface area (Å²) in [6.45, 7) is 5.65. The molecule has 21 heavy (non-hydrogen) atoms. The van der Waals surface area contributed by atoms with Gasteiger partial charge in [-0.3, -0.25) is 4.79 Å². The van der Waals surface area contributed by atoms with E-state index in [4.69, 9.17) is 4.42 Å². The molecule has 2 heterocycles. The van der Waals surface area contributed by atoms with Crippen LogP contribution in [-0.2, 0) is 14.6 Å². The van der Waals surface area contributed by atoms with Crippen LogP contribution in [0.5, 0.6) is 0 Å². The lowest BCUT2D eigenvalue weighted by atomic mass is 10.1. The van der Waals surface area contributed by atoms with E-state index in [1.807, 2.05) is 0 Å². The maximum atomic E-state index is 11.7. The summed E-state index contributed by atoms with van der Waals surface area (Å²) in [5.41, 5.74) is 0. The largest absolute Gasteiger partial charge is 0.416 e. The lowest BCUT2D eigenvalue weighted by Gasteiger charge is -2.07. The Morgan fingerprint density at radius 1 is 1.62 bits per heavy atom. The molecule has 116 valence electrons. The van der Waals surface area contributed by atoms with E-state index in [-0.39, 0.29) is 33.8 Å².